The minimum atomic E-state index is -0.0681. The van der Waals surface area contributed by atoms with Gasteiger partial charge in [-0.2, -0.15) is 0 Å². The number of amides is 1. The third-order valence-electron chi connectivity index (χ3n) is 3.74. The number of carbonyl (C=O) groups excluding carboxylic acids is 1. The average Bonchev–Trinajstić information content (AvgIpc) is 3.21. The van der Waals surface area contributed by atoms with Gasteiger partial charge in [0.25, 0.3) is 5.91 Å². The van der Waals surface area contributed by atoms with Gasteiger partial charge >= 0.3 is 0 Å². The van der Waals surface area contributed by atoms with Gasteiger partial charge in [-0.3, -0.25) is 4.79 Å². The number of thiophene rings is 1. The zero-order valence-electron chi connectivity index (χ0n) is 13.9. The summed E-state index contributed by atoms with van der Waals surface area (Å²) in [6, 6.07) is 12.0. The van der Waals surface area contributed by atoms with Crippen molar-refractivity contribution in [2.24, 2.45) is 0 Å². The second kappa shape index (κ2) is 7.59. The van der Waals surface area contributed by atoms with Crippen LogP contribution in [0.15, 0.2) is 36.4 Å². The molecule has 5 nitrogen and oxygen atoms in total. The molecular weight excluding hydrogens is 322 g/mol. The average molecular weight is 343 g/mol. The number of rotatable bonds is 7. The summed E-state index contributed by atoms with van der Waals surface area (Å²) < 4.78 is 7.18. The SMILES string of the molecule is CCCn1c(-c2ccc(C(=O)NCCOC)s2)nc2ccccc21. The Bertz CT molecular complexity index is 838. The number of fused-ring (bicyclic) bond motifs is 1. The summed E-state index contributed by atoms with van der Waals surface area (Å²) in [5.74, 6) is 0.862. The van der Waals surface area contributed by atoms with Gasteiger partial charge in [0.1, 0.15) is 0 Å². The van der Waals surface area contributed by atoms with E-state index in [2.05, 4.69) is 22.9 Å². The van der Waals surface area contributed by atoms with Crippen LogP contribution in [0.25, 0.3) is 21.7 Å². The molecule has 0 bridgehead atoms. The number of ether oxygens (including phenoxy) is 1. The van der Waals surface area contributed by atoms with Gasteiger partial charge in [0.05, 0.1) is 27.4 Å². The fourth-order valence-corrected chi connectivity index (χ4v) is 3.57. The van der Waals surface area contributed by atoms with E-state index in [0.29, 0.717) is 18.0 Å². The number of aryl methyl sites for hydroxylation is 1. The Hall–Kier alpha value is -2.18. The molecule has 0 unspecified atom stereocenters. The van der Waals surface area contributed by atoms with Crippen molar-refractivity contribution in [3.63, 3.8) is 0 Å². The lowest BCUT2D eigenvalue weighted by molar-refractivity contribution is 0.0941. The minimum absolute atomic E-state index is 0.0681. The van der Waals surface area contributed by atoms with Crippen LogP contribution in [0.5, 0.6) is 0 Å². The van der Waals surface area contributed by atoms with Gasteiger partial charge in [0, 0.05) is 20.2 Å². The molecule has 1 amide bonds. The van der Waals surface area contributed by atoms with Crippen LogP contribution in [0.1, 0.15) is 23.0 Å². The lowest BCUT2D eigenvalue weighted by Gasteiger charge is -2.06. The van der Waals surface area contributed by atoms with Crippen LogP contribution in [0, 0.1) is 0 Å². The maximum Gasteiger partial charge on any atom is 0.261 e. The van der Waals surface area contributed by atoms with Crippen LogP contribution in [0.3, 0.4) is 0 Å². The topological polar surface area (TPSA) is 56.2 Å². The van der Waals surface area contributed by atoms with Gasteiger partial charge < -0.3 is 14.6 Å². The van der Waals surface area contributed by atoms with Gasteiger partial charge in [-0.1, -0.05) is 19.1 Å². The van der Waals surface area contributed by atoms with E-state index in [1.165, 1.54) is 11.3 Å². The second-order valence-corrected chi connectivity index (χ2v) is 6.57. The van der Waals surface area contributed by atoms with Crippen molar-refractivity contribution in [1.82, 2.24) is 14.9 Å². The smallest absolute Gasteiger partial charge is 0.261 e. The first-order valence-corrected chi connectivity index (χ1v) is 8.89. The molecule has 126 valence electrons. The largest absolute Gasteiger partial charge is 0.383 e. The first kappa shape index (κ1) is 16.7. The zero-order chi connectivity index (χ0) is 16.9. The molecule has 2 heterocycles. The number of benzene rings is 1. The highest BCUT2D eigenvalue weighted by molar-refractivity contribution is 7.17. The van der Waals surface area contributed by atoms with Gasteiger partial charge in [0.15, 0.2) is 5.82 Å². The Kier molecular flexibility index (Phi) is 5.27. The molecule has 0 radical (unpaired) electrons. The predicted octanol–water partition coefficient (Wildman–Crippen LogP) is 3.55. The van der Waals surface area contributed by atoms with E-state index >= 15 is 0 Å². The third kappa shape index (κ3) is 3.34. The number of nitrogens with zero attached hydrogens (tertiary/aromatic N) is 2. The fraction of sp³-hybridized carbons (Fsp3) is 0.333. The summed E-state index contributed by atoms with van der Waals surface area (Å²) in [4.78, 5) is 18.6. The van der Waals surface area contributed by atoms with E-state index in [9.17, 15) is 4.79 Å². The molecule has 3 rings (SSSR count). The van der Waals surface area contributed by atoms with Gasteiger partial charge in [0.2, 0.25) is 0 Å². The first-order chi connectivity index (χ1) is 11.7. The van der Waals surface area contributed by atoms with Crippen molar-refractivity contribution >= 4 is 28.3 Å². The number of aromatic nitrogens is 2. The van der Waals surface area contributed by atoms with Crippen molar-refractivity contribution in [3.05, 3.63) is 41.3 Å². The molecule has 2 aromatic heterocycles. The highest BCUT2D eigenvalue weighted by atomic mass is 32.1. The number of hydrogen-bond donors (Lipinski definition) is 1. The number of imidazole rings is 1. The molecule has 6 heteroatoms. The van der Waals surface area contributed by atoms with E-state index < -0.39 is 0 Å². The summed E-state index contributed by atoms with van der Waals surface area (Å²) in [6.45, 7) is 4.08. The maximum atomic E-state index is 12.2. The molecule has 0 aliphatic heterocycles. The molecule has 1 aromatic carbocycles. The summed E-state index contributed by atoms with van der Waals surface area (Å²) in [7, 11) is 1.62. The summed E-state index contributed by atoms with van der Waals surface area (Å²) in [5.41, 5.74) is 2.12. The number of hydrogen-bond acceptors (Lipinski definition) is 4. The molecule has 0 spiro atoms. The highest BCUT2D eigenvalue weighted by Crippen LogP contribution is 2.30. The maximum absolute atomic E-state index is 12.2. The van der Waals surface area contributed by atoms with Crippen molar-refractivity contribution in [2.75, 3.05) is 20.3 Å². The normalized spacial score (nSPS) is 11.1. The molecule has 0 fully saturated rings. The van der Waals surface area contributed by atoms with Crippen LogP contribution in [-0.2, 0) is 11.3 Å². The minimum Gasteiger partial charge on any atom is -0.383 e. The molecule has 0 aliphatic rings. The van der Waals surface area contributed by atoms with Crippen LogP contribution in [0.4, 0.5) is 0 Å². The lowest BCUT2D eigenvalue weighted by atomic mass is 10.3. The van der Waals surface area contributed by atoms with Crippen molar-refractivity contribution in [1.29, 1.82) is 0 Å². The Morgan fingerprint density at radius 2 is 2.12 bits per heavy atom. The first-order valence-electron chi connectivity index (χ1n) is 8.07. The number of nitrogens with one attached hydrogen (secondary N) is 1. The molecule has 24 heavy (non-hydrogen) atoms. The van der Waals surface area contributed by atoms with Crippen LogP contribution < -0.4 is 5.32 Å². The van der Waals surface area contributed by atoms with E-state index in [-0.39, 0.29) is 5.91 Å². The van der Waals surface area contributed by atoms with Crippen LogP contribution in [-0.4, -0.2) is 35.7 Å². The number of para-hydroxylation sites is 2. The molecule has 3 aromatic rings. The molecule has 0 atom stereocenters. The van der Waals surface area contributed by atoms with Crippen molar-refractivity contribution < 1.29 is 9.53 Å². The fourth-order valence-electron chi connectivity index (χ4n) is 2.65. The Labute approximate surface area is 145 Å². The van der Waals surface area contributed by atoms with Crippen molar-refractivity contribution in [2.45, 2.75) is 19.9 Å². The molecule has 0 saturated carbocycles. The van der Waals surface area contributed by atoms with Gasteiger partial charge in [-0.05, 0) is 30.7 Å². The standard InChI is InChI=1S/C18H21N3O2S/c1-3-11-21-14-7-5-4-6-13(14)20-17(21)15-8-9-16(24-15)18(22)19-10-12-23-2/h4-9H,3,10-12H2,1-2H3,(H,19,22). The van der Waals surface area contributed by atoms with Crippen LogP contribution >= 0.6 is 11.3 Å². The van der Waals surface area contributed by atoms with Gasteiger partial charge in [-0.25, -0.2) is 4.98 Å². The summed E-state index contributed by atoms with van der Waals surface area (Å²) in [6.07, 6.45) is 1.03. The molecule has 0 saturated heterocycles. The number of carbonyl (C=O) groups is 1. The number of methoxy groups -OCH3 is 1. The van der Waals surface area contributed by atoms with E-state index in [4.69, 9.17) is 9.72 Å². The Balaban J connectivity index is 1.91. The monoisotopic (exact) mass is 343 g/mol. The Morgan fingerprint density at radius 3 is 2.92 bits per heavy atom. The van der Waals surface area contributed by atoms with Gasteiger partial charge in [-0.15, -0.1) is 11.3 Å². The molecular formula is C18H21N3O2S. The van der Waals surface area contributed by atoms with E-state index in [1.807, 2.05) is 30.3 Å². The highest BCUT2D eigenvalue weighted by Gasteiger charge is 2.16. The third-order valence-corrected chi connectivity index (χ3v) is 4.82. The lowest BCUT2D eigenvalue weighted by Crippen LogP contribution is -2.26. The van der Waals surface area contributed by atoms with E-state index in [1.54, 1.807) is 7.11 Å². The summed E-state index contributed by atoms with van der Waals surface area (Å²) >= 11 is 1.47. The second-order valence-electron chi connectivity index (χ2n) is 5.49. The van der Waals surface area contributed by atoms with Crippen molar-refractivity contribution in [3.8, 4) is 10.7 Å². The Morgan fingerprint density at radius 1 is 1.29 bits per heavy atom. The predicted molar refractivity (Wildman–Crippen MR) is 97.5 cm³/mol. The van der Waals surface area contributed by atoms with Crippen LogP contribution in [0.2, 0.25) is 0 Å². The zero-order valence-corrected chi connectivity index (χ0v) is 14.7. The molecule has 1 N–H and O–H groups in total. The summed E-state index contributed by atoms with van der Waals surface area (Å²) in [5, 5.41) is 2.85. The quantitative estimate of drug-likeness (QED) is 0.668. The molecule has 0 aliphatic carbocycles. The van der Waals surface area contributed by atoms with E-state index in [0.717, 1.165) is 34.7 Å².